The molecule has 1 unspecified atom stereocenters. The molecule has 0 amide bonds. The summed E-state index contributed by atoms with van der Waals surface area (Å²) in [5.74, 6) is -0.656. The van der Waals surface area contributed by atoms with E-state index in [4.69, 9.17) is 4.74 Å². The summed E-state index contributed by atoms with van der Waals surface area (Å²) in [5.41, 5.74) is 0.314. The van der Waals surface area contributed by atoms with Gasteiger partial charge in [-0.05, 0) is 48.7 Å². The summed E-state index contributed by atoms with van der Waals surface area (Å²) < 4.78 is 18.1. The van der Waals surface area contributed by atoms with Gasteiger partial charge in [-0.1, -0.05) is 24.3 Å². The fraction of sp³-hybridized carbons (Fsp3) is 0.235. The number of rotatable bonds is 5. The van der Waals surface area contributed by atoms with Gasteiger partial charge in [0.1, 0.15) is 11.6 Å². The van der Waals surface area contributed by atoms with Gasteiger partial charge in [0.05, 0.1) is 12.5 Å². The molecule has 0 bridgehead atoms. The summed E-state index contributed by atoms with van der Waals surface area (Å²) in [6.07, 6.45) is 0.274. The molecule has 110 valence electrons. The van der Waals surface area contributed by atoms with Gasteiger partial charge < -0.3 is 9.84 Å². The lowest BCUT2D eigenvalue weighted by Crippen LogP contribution is -2.34. The number of methoxy groups -OCH3 is 1. The van der Waals surface area contributed by atoms with Crippen molar-refractivity contribution in [1.82, 2.24) is 0 Å². The Kier molecular flexibility index (Phi) is 4.26. The van der Waals surface area contributed by atoms with Gasteiger partial charge in [0.2, 0.25) is 0 Å². The fourth-order valence-corrected chi connectivity index (χ4v) is 2.28. The molecule has 0 aliphatic heterocycles. The molecule has 0 saturated heterocycles. The summed E-state index contributed by atoms with van der Waals surface area (Å²) in [7, 11) is 1.54. The van der Waals surface area contributed by atoms with Crippen LogP contribution < -0.4 is 4.74 Å². The minimum atomic E-state index is -1.10. The van der Waals surface area contributed by atoms with E-state index in [2.05, 4.69) is 0 Å². The number of carboxylic acid groups (broad SMARTS) is 1. The van der Waals surface area contributed by atoms with Gasteiger partial charge in [0.25, 0.3) is 0 Å². The Balaban J connectivity index is 2.39. The van der Waals surface area contributed by atoms with E-state index in [1.165, 1.54) is 19.2 Å². The molecule has 1 atom stereocenters. The summed E-state index contributed by atoms with van der Waals surface area (Å²) >= 11 is 0. The van der Waals surface area contributed by atoms with Crippen LogP contribution in [-0.4, -0.2) is 18.2 Å². The first-order valence-corrected chi connectivity index (χ1v) is 6.58. The van der Waals surface area contributed by atoms with Gasteiger partial charge >= 0.3 is 5.97 Å². The maximum atomic E-state index is 13.0. The zero-order valence-electron chi connectivity index (χ0n) is 12.0. The van der Waals surface area contributed by atoms with E-state index < -0.39 is 11.4 Å². The molecule has 0 radical (unpaired) electrons. The van der Waals surface area contributed by atoms with Crippen LogP contribution in [0.25, 0.3) is 0 Å². The molecule has 0 aromatic heterocycles. The number of benzene rings is 2. The molecule has 2 rings (SSSR count). The first-order chi connectivity index (χ1) is 9.95. The number of hydrogen-bond acceptors (Lipinski definition) is 2. The van der Waals surface area contributed by atoms with Crippen LogP contribution >= 0.6 is 0 Å². The average molecular weight is 288 g/mol. The zero-order chi connectivity index (χ0) is 15.5. The fourth-order valence-electron chi connectivity index (χ4n) is 2.28. The van der Waals surface area contributed by atoms with Crippen molar-refractivity contribution < 1.29 is 19.0 Å². The van der Waals surface area contributed by atoms with Gasteiger partial charge in [-0.2, -0.15) is 0 Å². The molecule has 2 aromatic rings. The number of carboxylic acids is 1. The summed E-state index contributed by atoms with van der Waals surface area (Å²) in [5, 5.41) is 9.65. The second-order valence-corrected chi connectivity index (χ2v) is 5.17. The lowest BCUT2D eigenvalue weighted by atomic mass is 9.77. The molecule has 1 N–H and O–H groups in total. The summed E-state index contributed by atoms with van der Waals surface area (Å²) in [6, 6.07) is 12.9. The Hall–Kier alpha value is -2.36. The van der Waals surface area contributed by atoms with Gasteiger partial charge in [-0.3, -0.25) is 4.79 Å². The smallest absolute Gasteiger partial charge is 0.314 e. The molecule has 21 heavy (non-hydrogen) atoms. The minimum Gasteiger partial charge on any atom is -0.497 e. The number of hydrogen-bond donors (Lipinski definition) is 1. The Labute approximate surface area is 123 Å². The third-order valence-electron chi connectivity index (χ3n) is 3.65. The molecule has 3 nitrogen and oxygen atoms in total. The monoisotopic (exact) mass is 288 g/mol. The van der Waals surface area contributed by atoms with Gasteiger partial charge in [-0.25, -0.2) is 4.39 Å². The van der Waals surface area contributed by atoms with Gasteiger partial charge in [0, 0.05) is 0 Å². The molecular weight excluding hydrogens is 271 g/mol. The quantitative estimate of drug-likeness (QED) is 0.917. The van der Waals surface area contributed by atoms with Crippen molar-refractivity contribution in [2.45, 2.75) is 18.8 Å². The highest BCUT2D eigenvalue weighted by Gasteiger charge is 2.35. The van der Waals surface area contributed by atoms with E-state index in [-0.39, 0.29) is 12.2 Å². The Morgan fingerprint density at radius 1 is 1.24 bits per heavy atom. The standard InChI is InChI=1S/C17H17FO3/c1-17(16(19)20,11-12-6-8-14(18)9-7-12)13-4-3-5-15(10-13)21-2/h3-10H,11H2,1-2H3,(H,19,20). The third-order valence-corrected chi connectivity index (χ3v) is 3.65. The Morgan fingerprint density at radius 3 is 2.48 bits per heavy atom. The van der Waals surface area contributed by atoms with Crippen molar-refractivity contribution in [3.63, 3.8) is 0 Å². The normalized spacial score (nSPS) is 13.5. The van der Waals surface area contributed by atoms with Gasteiger partial charge in [0.15, 0.2) is 0 Å². The van der Waals surface area contributed by atoms with Crippen LogP contribution in [0, 0.1) is 5.82 Å². The van der Waals surface area contributed by atoms with Crippen LogP contribution in [0.1, 0.15) is 18.1 Å². The third kappa shape index (κ3) is 3.21. The predicted molar refractivity (Wildman–Crippen MR) is 78.1 cm³/mol. The van der Waals surface area contributed by atoms with Crippen LogP contribution in [0.15, 0.2) is 48.5 Å². The lowest BCUT2D eigenvalue weighted by molar-refractivity contribution is -0.143. The van der Waals surface area contributed by atoms with E-state index in [1.807, 2.05) is 0 Å². The number of ether oxygens (including phenoxy) is 1. The molecule has 0 spiro atoms. The van der Waals surface area contributed by atoms with E-state index in [9.17, 15) is 14.3 Å². The van der Waals surface area contributed by atoms with Crippen LogP contribution in [0.5, 0.6) is 5.75 Å². The molecular formula is C17H17FO3. The van der Waals surface area contributed by atoms with Crippen LogP contribution in [0.4, 0.5) is 4.39 Å². The Morgan fingerprint density at radius 2 is 1.90 bits per heavy atom. The van der Waals surface area contributed by atoms with E-state index in [1.54, 1.807) is 43.3 Å². The van der Waals surface area contributed by atoms with Crippen molar-refractivity contribution in [3.05, 3.63) is 65.5 Å². The first-order valence-electron chi connectivity index (χ1n) is 6.58. The highest BCUT2D eigenvalue weighted by atomic mass is 19.1. The summed E-state index contributed by atoms with van der Waals surface area (Å²) in [6.45, 7) is 1.66. The number of carbonyl (C=O) groups is 1. The largest absolute Gasteiger partial charge is 0.497 e. The van der Waals surface area contributed by atoms with E-state index >= 15 is 0 Å². The highest BCUT2D eigenvalue weighted by Crippen LogP contribution is 2.31. The Bertz CT molecular complexity index is 637. The number of aliphatic carboxylic acids is 1. The van der Waals surface area contributed by atoms with E-state index in [0.717, 1.165) is 5.56 Å². The molecule has 0 heterocycles. The molecule has 0 aliphatic carbocycles. The van der Waals surface area contributed by atoms with Crippen LogP contribution in [0.2, 0.25) is 0 Å². The van der Waals surface area contributed by atoms with E-state index in [0.29, 0.717) is 11.3 Å². The average Bonchev–Trinajstić information content (AvgIpc) is 2.49. The van der Waals surface area contributed by atoms with Crippen molar-refractivity contribution >= 4 is 5.97 Å². The molecule has 0 fully saturated rings. The maximum Gasteiger partial charge on any atom is 0.314 e. The molecule has 0 aliphatic rings. The highest BCUT2D eigenvalue weighted by molar-refractivity contribution is 5.81. The zero-order valence-corrected chi connectivity index (χ0v) is 12.0. The van der Waals surface area contributed by atoms with Crippen molar-refractivity contribution in [1.29, 1.82) is 0 Å². The molecule has 2 aromatic carbocycles. The lowest BCUT2D eigenvalue weighted by Gasteiger charge is -2.26. The second-order valence-electron chi connectivity index (χ2n) is 5.17. The second kappa shape index (κ2) is 5.95. The van der Waals surface area contributed by atoms with Crippen LogP contribution in [-0.2, 0) is 16.6 Å². The van der Waals surface area contributed by atoms with Crippen LogP contribution in [0.3, 0.4) is 0 Å². The maximum absolute atomic E-state index is 13.0. The van der Waals surface area contributed by atoms with Crippen molar-refractivity contribution in [2.75, 3.05) is 7.11 Å². The SMILES string of the molecule is COc1cccc(C(C)(Cc2ccc(F)cc2)C(=O)O)c1. The topological polar surface area (TPSA) is 46.5 Å². The number of halogens is 1. The predicted octanol–water partition coefficient (Wildman–Crippen LogP) is 3.42. The molecule has 4 heteroatoms. The molecule has 0 saturated carbocycles. The van der Waals surface area contributed by atoms with Crippen molar-refractivity contribution in [2.24, 2.45) is 0 Å². The van der Waals surface area contributed by atoms with Gasteiger partial charge in [-0.15, -0.1) is 0 Å². The first kappa shape index (κ1) is 15.0. The minimum absolute atomic E-state index is 0.274. The summed E-state index contributed by atoms with van der Waals surface area (Å²) in [4.78, 5) is 11.8. The van der Waals surface area contributed by atoms with Crippen molar-refractivity contribution in [3.8, 4) is 5.75 Å².